The molecule has 2 fully saturated rings. The van der Waals surface area contributed by atoms with Gasteiger partial charge < -0.3 is 14.7 Å². The minimum absolute atomic E-state index is 0.126. The van der Waals surface area contributed by atoms with Crippen molar-refractivity contribution in [3.8, 4) is 0 Å². The van der Waals surface area contributed by atoms with Gasteiger partial charge in [0.15, 0.2) is 0 Å². The number of likely N-dealkylation sites (tertiary alicyclic amines) is 1. The highest BCUT2D eigenvalue weighted by Crippen LogP contribution is 2.33. The van der Waals surface area contributed by atoms with Gasteiger partial charge in [0.05, 0.1) is 5.92 Å². The zero-order valence-corrected chi connectivity index (χ0v) is 15.6. The van der Waals surface area contributed by atoms with Gasteiger partial charge in [-0.1, -0.05) is 24.3 Å². The quantitative estimate of drug-likeness (QED) is 0.759. The fourth-order valence-electron chi connectivity index (χ4n) is 3.48. The second kappa shape index (κ2) is 7.56. The number of benzene rings is 1. The molecule has 0 unspecified atom stereocenters. The van der Waals surface area contributed by atoms with Crippen LogP contribution in [0.1, 0.15) is 30.4 Å². The molecule has 1 aromatic carbocycles. The third-order valence-corrected chi connectivity index (χ3v) is 5.25. The Labute approximate surface area is 150 Å². The van der Waals surface area contributed by atoms with Gasteiger partial charge in [0.2, 0.25) is 11.8 Å². The summed E-state index contributed by atoms with van der Waals surface area (Å²) in [6.07, 6.45) is 2.57. The van der Waals surface area contributed by atoms with Crippen LogP contribution in [0.2, 0.25) is 0 Å². The Balaban J connectivity index is 1.70. The second-order valence-corrected chi connectivity index (χ2v) is 7.67. The maximum absolute atomic E-state index is 13.1. The van der Waals surface area contributed by atoms with Crippen molar-refractivity contribution in [2.24, 2.45) is 5.92 Å². The van der Waals surface area contributed by atoms with E-state index in [-0.39, 0.29) is 17.7 Å². The van der Waals surface area contributed by atoms with Gasteiger partial charge >= 0.3 is 0 Å². The van der Waals surface area contributed by atoms with E-state index in [1.807, 2.05) is 36.0 Å². The first-order valence-corrected chi connectivity index (χ1v) is 9.23. The zero-order chi connectivity index (χ0) is 18.0. The highest BCUT2D eigenvalue weighted by Gasteiger charge is 2.42. The van der Waals surface area contributed by atoms with E-state index in [2.05, 4.69) is 24.0 Å². The van der Waals surface area contributed by atoms with Crippen molar-refractivity contribution in [3.63, 3.8) is 0 Å². The predicted octanol–water partition coefficient (Wildman–Crippen LogP) is 1.90. The monoisotopic (exact) mass is 343 g/mol. The van der Waals surface area contributed by atoms with Gasteiger partial charge in [-0.05, 0) is 45.0 Å². The van der Waals surface area contributed by atoms with Gasteiger partial charge in [-0.3, -0.25) is 9.59 Å². The lowest BCUT2D eigenvalue weighted by Gasteiger charge is -2.27. The first-order chi connectivity index (χ1) is 12.0. The van der Waals surface area contributed by atoms with Gasteiger partial charge in [-0.25, -0.2) is 0 Å². The molecule has 1 atom stereocenters. The van der Waals surface area contributed by atoms with Crippen LogP contribution in [0.4, 0.5) is 0 Å². The molecule has 136 valence electrons. The van der Waals surface area contributed by atoms with Gasteiger partial charge in [0.25, 0.3) is 0 Å². The van der Waals surface area contributed by atoms with Crippen molar-refractivity contribution >= 4 is 11.8 Å². The highest BCUT2D eigenvalue weighted by atomic mass is 16.2. The number of likely N-dealkylation sites (N-methyl/N-ethyl adjacent to an activating group) is 1. The van der Waals surface area contributed by atoms with Gasteiger partial charge in [0, 0.05) is 38.6 Å². The van der Waals surface area contributed by atoms with Crippen LogP contribution in [-0.2, 0) is 16.1 Å². The summed E-state index contributed by atoms with van der Waals surface area (Å²) < 4.78 is 0. The molecular formula is C20H29N3O2. The number of hydrogen-bond acceptors (Lipinski definition) is 3. The zero-order valence-electron chi connectivity index (χ0n) is 15.6. The van der Waals surface area contributed by atoms with E-state index in [1.54, 1.807) is 0 Å². The van der Waals surface area contributed by atoms with Crippen molar-refractivity contribution in [2.45, 2.75) is 38.8 Å². The van der Waals surface area contributed by atoms with Crippen molar-refractivity contribution in [3.05, 3.63) is 35.4 Å². The lowest BCUT2D eigenvalue weighted by molar-refractivity contribution is -0.136. The predicted molar refractivity (Wildman–Crippen MR) is 98.0 cm³/mol. The molecule has 1 saturated carbocycles. The van der Waals surface area contributed by atoms with E-state index in [1.165, 1.54) is 11.1 Å². The minimum Gasteiger partial charge on any atom is -0.339 e. The molecule has 0 aromatic heterocycles. The van der Waals surface area contributed by atoms with E-state index >= 15 is 0 Å². The molecule has 1 aromatic rings. The maximum atomic E-state index is 13.1. The summed E-state index contributed by atoms with van der Waals surface area (Å²) in [6.45, 7) is 4.82. The highest BCUT2D eigenvalue weighted by molar-refractivity contribution is 5.89. The topological polar surface area (TPSA) is 43.9 Å². The first kappa shape index (κ1) is 17.9. The standard InChI is InChI=1S/C20H29N3O2/c1-15-6-4-5-7-16(15)13-22(11-10-21(2)3)20(25)17-12-19(24)23(14-17)18-8-9-18/h4-7,17-18H,8-14H2,1-3H3/t17-/m0/s1. The summed E-state index contributed by atoms with van der Waals surface area (Å²) in [5, 5.41) is 0. The molecule has 25 heavy (non-hydrogen) atoms. The fraction of sp³-hybridized carbons (Fsp3) is 0.600. The number of carbonyl (C=O) groups excluding carboxylic acids is 2. The largest absolute Gasteiger partial charge is 0.339 e. The third-order valence-electron chi connectivity index (χ3n) is 5.25. The number of nitrogens with zero attached hydrogens (tertiary/aromatic N) is 3. The van der Waals surface area contributed by atoms with Crippen LogP contribution in [0.15, 0.2) is 24.3 Å². The maximum Gasteiger partial charge on any atom is 0.228 e. The number of rotatable bonds is 7. The lowest BCUT2D eigenvalue weighted by Crippen LogP contribution is -2.41. The number of carbonyl (C=O) groups is 2. The molecule has 0 N–H and O–H groups in total. The van der Waals surface area contributed by atoms with E-state index in [9.17, 15) is 9.59 Å². The summed E-state index contributed by atoms with van der Waals surface area (Å²) in [5.41, 5.74) is 2.38. The van der Waals surface area contributed by atoms with Crippen LogP contribution in [0.3, 0.4) is 0 Å². The Morgan fingerprint density at radius 3 is 2.56 bits per heavy atom. The first-order valence-electron chi connectivity index (χ1n) is 9.23. The summed E-state index contributed by atoms with van der Waals surface area (Å²) in [4.78, 5) is 31.3. The molecule has 1 saturated heterocycles. The van der Waals surface area contributed by atoms with Crippen molar-refractivity contribution in [1.29, 1.82) is 0 Å². The van der Waals surface area contributed by atoms with Gasteiger partial charge in [-0.2, -0.15) is 0 Å². The van der Waals surface area contributed by atoms with Crippen molar-refractivity contribution in [2.75, 3.05) is 33.7 Å². The van der Waals surface area contributed by atoms with Crippen molar-refractivity contribution in [1.82, 2.24) is 14.7 Å². The Bertz CT molecular complexity index is 640. The van der Waals surface area contributed by atoms with Crippen LogP contribution < -0.4 is 0 Å². The third kappa shape index (κ3) is 4.40. The molecule has 0 bridgehead atoms. The van der Waals surface area contributed by atoms with E-state index in [0.717, 1.165) is 19.4 Å². The summed E-state index contributed by atoms with van der Waals surface area (Å²) in [5.74, 6) is 0.102. The van der Waals surface area contributed by atoms with Crippen LogP contribution in [0.25, 0.3) is 0 Å². The molecule has 2 amide bonds. The normalized spacial score (nSPS) is 20.4. The van der Waals surface area contributed by atoms with Crippen LogP contribution >= 0.6 is 0 Å². The lowest BCUT2D eigenvalue weighted by atomic mass is 10.0. The molecule has 0 spiro atoms. The van der Waals surface area contributed by atoms with E-state index < -0.39 is 0 Å². The molecule has 1 heterocycles. The average Bonchev–Trinajstić information content (AvgIpc) is 3.34. The fourth-order valence-corrected chi connectivity index (χ4v) is 3.48. The molecule has 5 heteroatoms. The van der Waals surface area contributed by atoms with Gasteiger partial charge in [0.1, 0.15) is 0 Å². The summed E-state index contributed by atoms with van der Waals surface area (Å²) >= 11 is 0. The van der Waals surface area contributed by atoms with E-state index in [4.69, 9.17) is 0 Å². The number of aryl methyl sites for hydroxylation is 1. The second-order valence-electron chi connectivity index (χ2n) is 7.67. The van der Waals surface area contributed by atoms with E-state index in [0.29, 0.717) is 32.1 Å². The van der Waals surface area contributed by atoms with Crippen LogP contribution in [-0.4, -0.2) is 66.3 Å². The molecule has 1 aliphatic carbocycles. The molecule has 2 aliphatic rings. The number of hydrogen-bond donors (Lipinski definition) is 0. The van der Waals surface area contributed by atoms with Crippen LogP contribution in [0.5, 0.6) is 0 Å². The summed E-state index contributed by atoms with van der Waals surface area (Å²) in [7, 11) is 4.04. The minimum atomic E-state index is -0.181. The molecule has 1 aliphatic heterocycles. The molecule has 3 rings (SSSR count). The Morgan fingerprint density at radius 2 is 1.92 bits per heavy atom. The van der Waals surface area contributed by atoms with Gasteiger partial charge in [-0.15, -0.1) is 0 Å². The molecule has 0 radical (unpaired) electrons. The Hall–Kier alpha value is -1.88. The average molecular weight is 343 g/mol. The Morgan fingerprint density at radius 1 is 1.20 bits per heavy atom. The molecule has 5 nitrogen and oxygen atoms in total. The smallest absolute Gasteiger partial charge is 0.228 e. The summed E-state index contributed by atoms with van der Waals surface area (Å²) in [6, 6.07) is 8.61. The molecular weight excluding hydrogens is 314 g/mol. The Kier molecular flexibility index (Phi) is 5.42. The van der Waals surface area contributed by atoms with Crippen molar-refractivity contribution < 1.29 is 9.59 Å². The number of amides is 2. The van der Waals surface area contributed by atoms with Crippen LogP contribution in [0, 0.1) is 12.8 Å². The SMILES string of the molecule is Cc1ccccc1CN(CCN(C)C)C(=O)[C@H]1CC(=O)N(C2CC2)C1.